The molecule has 110 valence electrons. The van der Waals surface area contributed by atoms with Crippen molar-refractivity contribution in [1.29, 1.82) is 0 Å². The van der Waals surface area contributed by atoms with Crippen molar-refractivity contribution in [3.63, 3.8) is 0 Å². The summed E-state index contributed by atoms with van der Waals surface area (Å²) in [7, 11) is 0. The summed E-state index contributed by atoms with van der Waals surface area (Å²) in [5, 5.41) is 3.05. The van der Waals surface area contributed by atoms with Crippen molar-refractivity contribution >= 4 is 18.3 Å². The molecular weight excluding hydrogens is 276 g/mol. The van der Waals surface area contributed by atoms with Crippen LogP contribution in [0.3, 0.4) is 0 Å². The molecule has 2 aliphatic rings. The van der Waals surface area contributed by atoms with Crippen molar-refractivity contribution in [3.8, 4) is 5.75 Å². The van der Waals surface area contributed by atoms with Crippen molar-refractivity contribution in [3.05, 3.63) is 29.8 Å². The topological polar surface area (TPSA) is 64.4 Å². The summed E-state index contributed by atoms with van der Waals surface area (Å²) in [6, 6.07) is 8.00. The minimum Gasteiger partial charge on any atom is -0.491 e. The largest absolute Gasteiger partial charge is 0.491 e. The monoisotopic (exact) mass is 296 g/mol. The molecule has 1 atom stereocenters. The first-order valence-electron chi connectivity index (χ1n) is 6.98. The summed E-state index contributed by atoms with van der Waals surface area (Å²) >= 11 is 0. The van der Waals surface area contributed by atoms with Crippen molar-refractivity contribution in [1.82, 2.24) is 5.32 Å². The van der Waals surface area contributed by atoms with Gasteiger partial charge in [-0.15, -0.1) is 12.4 Å². The van der Waals surface area contributed by atoms with Crippen LogP contribution >= 0.6 is 12.4 Å². The van der Waals surface area contributed by atoms with Crippen LogP contribution in [0.5, 0.6) is 5.75 Å². The average Bonchev–Trinajstić information content (AvgIpc) is 2.87. The third-order valence-electron chi connectivity index (χ3n) is 4.16. The zero-order chi connectivity index (χ0) is 13.3. The van der Waals surface area contributed by atoms with Gasteiger partial charge in [0.25, 0.3) is 0 Å². The number of rotatable bonds is 2. The number of benzene rings is 1. The number of halogens is 1. The van der Waals surface area contributed by atoms with Gasteiger partial charge in [0.2, 0.25) is 5.91 Å². The van der Waals surface area contributed by atoms with E-state index in [2.05, 4.69) is 5.32 Å². The van der Waals surface area contributed by atoms with Crippen LogP contribution in [0.4, 0.5) is 0 Å². The first-order chi connectivity index (χ1) is 9.17. The highest BCUT2D eigenvalue weighted by atomic mass is 35.5. The lowest BCUT2D eigenvalue weighted by Gasteiger charge is -2.30. The molecular formula is C15H21ClN2O2. The Kier molecular flexibility index (Phi) is 4.55. The van der Waals surface area contributed by atoms with Gasteiger partial charge in [-0.05, 0) is 30.9 Å². The number of nitrogens with two attached hydrogens (primary N) is 1. The van der Waals surface area contributed by atoms with E-state index in [0.717, 1.165) is 43.4 Å². The predicted octanol–water partition coefficient (Wildman–Crippen LogP) is 1.80. The summed E-state index contributed by atoms with van der Waals surface area (Å²) in [5.74, 6) is 0.911. The maximum atomic E-state index is 12.3. The molecule has 1 unspecified atom stereocenters. The second-order valence-corrected chi connectivity index (χ2v) is 5.66. The minimum absolute atomic E-state index is 0. The Balaban J connectivity index is 0.00000147. The van der Waals surface area contributed by atoms with Gasteiger partial charge in [-0.3, -0.25) is 4.79 Å². The number of amides is 1. The Hall–Kier alpha value is -1.26. The lowest BCUT2D eigenvalue weighted by Crippen LogP contribution is -2.56. The van der Waals surface area contributed by atoms with Gasteiger partial charge in [0.15, 0.2) is 0 Å². The normalized spacial score (nSPS) is 23.1. The maximum Gasteiger partial charge on any atom is 0.240 e. The first kappa shape index (κ1) is 15.1. The molecule has 1 fully saturated rings. The van der Waals surface area contributed by atoms with Crippen LogP contribution < -0.4 is 15.8 Å². The second-order valence-electron chi connectivity index (χ2n) is 5.66. The number of hydrogen-bond acceptors (Lipinski definition) is 3. The standard InChI is InChI=1S/C15H20N2O2.ClH/c16-15(7-3-4-8-15)14(18)17-12-9-11-5-1-2-6-13(11)19-10-12;/h1-2,5-6,12H,3-4,7-10,16H2,(H,17,18);1H. The van der Waals surface area contributed by atoms with Crippen LogP contribution in [-0.2, 0) is 11.2 Å². The maximum absolute atomic E-state index is 12.3. The molecule has 5 heteroatoms. The van der Waals surface area contributed by atoms with E-state index in [4.69, 9.17) is 10.5 Å². The fraction of sp³-hybridized carbons (Fsp3) is 0.533. The average molecular weight is 297 g/mol. The van der Waals surface area contributed by atoms with Gasteiger partial charge in [-0.2, -0.15) is 0 Å². The summed E-state index contributed by atoms with van der Waals surface area (Å²) in [6.45, 7) is 0.527. The molecule has 1 amide bonds. The van der Waals surface area contributed by atoms with Crippen LogP contribution in [-0.4, -0.2) is 24.1 Å². The Morgan fingerprint density at radius 1 is 1.30 bits per heavy atom. The SMILES string of the molecule is Cl.NC1(C(=O)NC2COc3ccccc3C2)CCCC1. The van der Waals surface area contributed by atoms with E-state index in [1.54, 1.807) is 0 Å². The van der Waals surface area contributed by atoms with Gasteiger partial charge in [0.05, 0.1) is 11.6 Å². The van der Waals surface area contributed by atoms with Crippen LogP contribution in [0.25, 0.3) is 0 Å². The summed E-state index contributed by atoms with van der Waals surface area (Å²) in [5.41, 5.74) is 6.66. The number of nitrogens with one attached hydrogen (secondary N) is 1. The number of carbonyl (C=O) groups excluding carboxylic acids is 1. The molecule has 1 aliphatic heterocycles. The quantitative estimate of drug-likeness (QED) is 0.875. The summed E-state index contributed by atoms with van der Waals surface area (Å²) in [4.78, 5) is 12.3. The molecule has 4 nitrogen and oxygen atoms in total. The second kappa shape index (κ2) is 6.02. The van der Waals surface area contributed by atoms with Gasteiger partial charge in [0.1, 0.15) is 12.4 Å². The Labute approximate surface area is 125 Å². The van der Waals surface area contributed by atoms with E-state index in [-0.39, 0.29) is 24.4 Å². The van der Waals surface area contributed by atoms with Crippen LogP contribution in [0.15, 0.2) is 24.3 Å². The third-order valence-corrected chi connectivity index (χ3v) is 4.16. The van der Waals surface area contributed by atoms with E-state index in [9.17, 15) is 4.79 Å². The number of carbonyl (C=O) groups is 1. The highest BCUT2D eigenvalue weighted by Crippen LogP contribution is 2.28. The summed E-state index contributed by atoms with van der Waals surface area (Å²) in [6.07, 6.45) is 4.51. The third kappa shape index (κ3) is 2.91. The smallest absolute Gasteiger partial charge is 0.240 e. The van der Waals surface area contributed by atoms with Gasteiger partial charge < -0.3 is 15.8 Å². The van der Waals surface area contributed by atoms with Gasteiger partial charge in [0, 0.05) is 0 Å². The van der Waals surface area contributed by atoms with Crippen LogP contribution in [0.1, 0.15) is 31.2 Å². The molecule has 3 N–H and O–H groups in total. The molecule has 0 aromatic heterocycles. The zero-order valence-electron chi connectivity index (χ0n) is 11.4. The van der Waals surface area contributed by atoms with Gasteiger partial charge >= 0.3 is 0 Å². The number of hydrogen-bond donors (Lipinski definition) is 2. The molecule has 20 heavy (non-hydrogen) atoms. The predicted molar refractivity (Wildman–Crippen MR) is 80.2 cm³/mol. The molecule has 0 spiro atoms. The fourth-order valence-corrected chi connectivity index (χ4v) is 2.98. The highest BCUT2D eigenvalue weighted by Gasteiger charge is 2.38. The Morgan fingerprint density at radius 3 is 2.75 bits per heavy atom. The fourth-order valence-electron chi connectivity index (χ4n) is 2.98. The molecule has 3 rings (SSSR count). The van der Waals surface area contributed by atoms with Gasteiger partial charge in [-0.25, -0.2) is 0 Å². The van der Waals surface area contributed by atoms with Gasteiger partial charge in [-0.1, -0.05) is 31.0 Å². The van der Waals surface area contributed by atoms with Crippen molar-refractivity contribution in [2.75, 3.05) is 6.61 Å². The molecule has 0 saturated heterocycles. The first-order valence-corrected chi connectivity index (χ1v) is 6.98. The molecule has 1 aromatic rings. The van der Waals surface area contributed by atoms with E-state index in [1.807, 2.05) is 24.3 Å². The highest BCUT2D eigenvalue weighted by molar-refractivity contribution is 5.86. The number of fused-ring (bicyclic) bond motifs is 1. The summed E-state index contributed by atoms with van der Waals surface area (Å²) < 4.78 is 5.68. The molecule has 1 saturated carbocycles. The van der Waals surface area contributed by atoms with E-state index in [0.29, 0.717) is 6.61 Å². The van der Waals surface area contributed by atoms with Crippen molar-refractivity contribution in [2.45, 2.75) is 43.7 Å². The van der Waals surface area contributed by atoms with Crippen molar-refractivity contribution in [2.24, 2.45) is 5.73 Å². The van der Waals surface area contributed by atoms with Crippen molar-refractivity contribution < 1.29 is 9.53 Å². The lowest BCUT2D eigenvalue weighted by atomic mass is 9.96. The number of para-hydroxylation sites is 1. The minimum atomic E-state index is -0.656. The Bertz CT molecular complexity index is 487. The van der Waals surface area contributed by atoms with E-state index >= 15 is 0 Å². The molecule has 0 bridgehead atoms. The van der Waals surface area contributed by atoms with Crippen LogP contribution in [0, 0.1) is 0 Å². The van der Waals surface area contributed by atoms with Crippen LogP contribution in [0.2, 0.25) is 0 Å². The zero-order valence-corrected chi connectivity index (χ0v) is 12.2. The van der Waals surface area contributed by atoms with E-state index in [1.165, 1.54) is 0 Å². The molecule has 1 aromatic carbocycles. The van der Waals surface area contributed by atoms with E-state index < -0.39 is 5.54 Å². The molecule has 1 aliphatic carbocycles. The molecule has 0 radical (unpaired) electrons. The molecule has 1 heterocycles. The number of ether oxygens (including phenoxy) is 1. The Morgan fingerprint density at radius 2 is 2.00 bits per heavy atom. The lowest BCUT2D eigenvalue weighted by molar-refractivity contribution is -0.127.